The first-order chi connectivity index (χ1) is 9.11. The van der Waals surface area contributed by atoms with E-state index in [4.69, 9.17) is 0 Å². The minimum Gasteiger partial charge on any atom is -0.310 e. The van der Waals surface area contributed by atoms with Crippen LogP contribution in [0.1, 0.15) is 46.1 Å². The molecule has 0 aliphatic carbocycles. The van der Waals surface area contributed by atoms with Crippen LogP contribution in [0.25, 0.3) is 0 Å². The van der Waals surface area contributed by atoms with Crippen molar-refractivity contribution in [2.45, 2.75) is 52.1 Å². The summed E-state index contributed by atoms with van der Waals surface area (Å²) in [7, 11) is 0. The lowest BCUT2D eigenvalue weighted by Gasteiger charge is -2.28. The number of rotatable bonds is 4. The molecule has 2 heterocycles. The second kappa shape index (κ2) is 6.19. The first-order valence-electron chi connectivity index (χ1n) is 7.19. The fourth-order valence-electron chi connectivity index (χ4n) is 2.60. The highest BCUT2D eigenvalue weighted by Gasteiger charge is 2.26. The normalized spacial score (nSPS) is 23.6. The average molecular weight is 264 g/mol. The van der Waals surface area contributed by atoms with Gasteiger partial charge >= 0.3 is 0 Å². The van der Waals surface area contributed by atoms with Crippen molar-refractivity contribution in [2.75, 3.05) is 11.9 Å². The molecule has 0 aromatic carbocycles. The van der Waals surface area contributed by atoms with Crippen molar-refractivity contribution >= 4 is 11.7 Å². The second-order valence-electron chi connectivity index (χ2n) is 5.55. The number of nitrogens with zero attached hydrogens (tertiary/aromatic N) is 2. The highest BCUT2D eigenvalue weighted by molar-refractivity contribution is 5.94. The van der Waals surface area contributed by atoms with Crippen molar-refractivity contribution < 1.29 is 4.79 Å². The number of aromatic nitrogens is 2. The van der Waals surface area contributed by atoms with Gasteiger partial charge in [0.25, 0.3) is 0 Å². The van der Waals surface area contributed by atoms with Crippen molar-refractivity contribution in [1.29, 1.82) is 0 Å². The third kappa shape index (κ3) is 3.35. The number of piperidine rings is 1. The molecule has 0 radical (unpaired) electrons. The van der Waals surface area contributed by atoms with E-state index in [1.807, 2.05) is 10.7 Å². The quantitative estimate of drug-likeness (QED) is 0.876. The van der Waals surface area contributed by atoms with Crippen LogP contribution in [0.2, 0.25) is 0 Å². The monoisotopic (exact) mass is 264 g/mol. The van der Waals surface area contributed by atoms with E-state index < -0.39 is 0 Å². The second-order valence-corrected chi connectivity index (χ2v) is 5.55. The maximum atomic E-state index is 12.3. The molecule has 2 atom stereocenters. The summed E-state index contributed by atoms with van der Waals surface area (Å²) in [5, 5.41) is 10.5. The van der Waals surface area contributed by atoms with Gasteiger partial charge in [-0.3, -0.25) is 4.79 Å². The van der Waals surface area contributed by atoms with Crippen molar-refractivity contribution in [3.63, 3.8) is 0 Å². The van der Waals surface area contributed by atoms with Gasteiger partial charge in [0.1, 0.15) is 5.82 Å². The van der Waals surface area contributed by atoms with Crippen molar-refractivity contribution in [3.8, 4) is 0 Å². The number of carbonyl (C=O) groups is 1. The molecule has 1 aromatic heterocycles. The van der Waals surface area contributed by atoms with Crippen LogP contribution >= 0.6 is 0 Å². The van der Waals surface area contributed by atoms with Crippen molar-refractivity contribution in [3.05, 3.63) is 12.3 Å². The van der Waals surface area contributed by atoms with E-state index in [1.54, 1.807) is 6.20 Å². The summed E-state index contributed by atoms with van der Waals surface area (Å²) in [5.41, 5.74) is 0. The van der Waals surface area contributed by atoms with Gasteiger partial charge in [0.05, 0.1) is 12.2 Å². The number of hydrogen-bond donors (Lipinski definition) is 2. The lowest BCUT2D eigenvalue weighted by atomic mass is 9.90. The van der Waals surface area contributed by atoms with Gasteiger partial charge in [0, 0.05) is 12.1 Å². The van der Waals surface area contributed by atoms with Gasteiger partial charge < -0.3 is 10.6 Å². The summed E-state index contributed by atoms with van der Waals surface area (Å²) in [4.78, 5) is 12.3. The van der Waals surface area contributed by atoms with Crippen LogP contribution in [0.3, 0.4) is 0 Å². The fraction of sp³-hybridized carbons (Fsp3) is 0.714. The van der Waals surface area contributed by atoms with Gasteiger partial charge in [0.2, 0.25) is 5.91 Å². The molecule has 5 heteroatoms. The van der Waals surface area contributed by atoms with Gasteiger partial charge in [-0.1, -0.05) is 13.3 Å². The Labute approximate surface area is 114 Å². The largest absolute Gasteiger partial charge is 0.310 e. The predicted molar refractivity (Wildman–Crippen MR) is 76.0 cm³/mol. The first-order valence-corrected chi connectivity index (χ1v) is 7.19. The van der Waals surface area contributed by atoms with Crippen LogP contribution < -0.4 is 10.6 Å². The average Bonchev–Trinajstić information content (AvgIpc) is 2.87. The Morgan fingerprint density at radius 1 is 1.63 bits per heavy atom. The Bertz CT molecular complexity index is 427. The molecule has 19 heavy (non-hydrogen) atoms. The summed E-state index contributed by atoms with van der Waals surface area (Å²) in [6, 6.07) is 2.01. The van der Waals surface area contributed by atoms with Gasteiger partial charge in [-0.2, -0.15) is 5.10 Å². The molecule has 1 aliphatic rings. The standard InChI is InChI=1S/C14H24N4O/c1-4-11-5-7-15-12(9-11)14(19)17-13-6-8-16-18(13)10(2)3/h6,8,10-12,15H,4-5,7,9H2,1-3H3,(H,17,19). The summed E-state index contributed by atoms with van der Waals surface area (Å²) in [5.74, 6) is 1.49. The fourth-order valence-corrected chi connectivity index (χ4v) is 2.60. The Balaban J connectivity index is 1.98. The Morgan fingerprint density at radius 3 is 3.11 bits per heavy atom. The van der Waals surface area contributed by atoms with E-state index in [0.29, 0.717) is 5.92 Å². The lowest BCUT2D eigenvalue weighted by Crippen LogP contribution is -2.46. The summed E-state index contributed by atoms with van der Waals surface area (Å²) in [6.45, 7) is 7.22. The molecule has 1 saturated heterocycles. The van der Waals surface area contributed by atoms with Gasteiger partial charge in [-0.05, 0) is 39.2 Å². The zero-order chi connectivity index (χ0) is 13.8. The van der Waals surface area contributed by atoms with Crippen LogP contribution in [-0.2, 0) is 4.79 Å². The van der Waals surface area contributed by atoms with Gasteiger partial charge in [-0.15, -0.1) is 0 Å². The SMILES string of the molecule is CCC1CCNC(C(=O)Nc2ccnn2C(C)C)C1. The Hall–Kier alpha value is -1.36. The number of amides is 1. The first kappa shape index (κ1) is 14.1. The molecule has 2 unspecified atom stereocenters. The third-order valence-corrected chi connectivity index (χ3v) is 3.82. The number of anilines is 1. The topological polar surface area (TPSA) is 59.0 Å². The molecule has 1 aromatic rings. The number of carbonyl (C=O) groups excluding carboxylic acids is 1. The Morgan fingerprint density at radius 2 is 2.42 bits per heavy atom. The molecule has 106 valence electrons. The van der Waals surface area contributed by atoms with E-state index in [-0.39, 0.29) is 18.0 Å². The van der Waals surface area contributed by atoms with E-state index in [1.165, 1.54) is 6.42 Å². The predicted octanol–water partition coefficient (Wildman–Crippen LogP) is 2.18. The molecule has 2 rings (SSSR count). The minimum atomic E-state index is -0.0748. The van der Waals surface area contributed by atoms with Crippen LogP contribution in [0.5, 0.6) is 0 Å². The minimum absolute atomic E-state index is 0.0561. The van der Waals surface area contributed by atoms with Crippen LogP contribution in [0.15, 0.2) is 12.3 Å². The van der Waals surface area contributed by atoms with Crippen LogP contribution in [0.4, 0.5) is 5.82 Å². The lowest BCUT2D eigenvalue weighted by molar-refractivity contribution is -0.119. The van der Waals surface area contributed by atoms with Crippen LogP contribution in [0, 0.1) is 5.92 Å². The molecule has 0 spiro atoms. The molecular weight excluding hydrogens is 240 g/mol. The van der Waals surface area contributed by atoms with E-state index in [0.717, 1.165) is 25.2 Å². The summed E-state index contributed by atoms with van der Waals surface area (Å²) >= 11 is 0. The molecule has 2 N–H and O–H groups in total. The molecule has 5 nitrogen and oxygen atoms in total. The molecule has 0 bridgehead atoms. The molecule has 1 aliphatic heterocycles. The molecule has 0 saturated carbocycles. The van der Waals surface area contributed by atoms with Crippen molar-refractivity contribution in [2.24, 2.45) is 5.92 Å². The van der Waals surface area contributed by atoms with E-state index >= 15 is 0 Å². The summed E-state index contributed by atoms with van der Waals surface area (Å²) in [6.07, 6.45) is 4.97. The van der Waals surface area contributed by atoms with Crippen molar-refractivity contribution in [1.82, 2.24) is 15.1 Å². The zero-order valence-electron chi connectivity index (χ0n) is 12.0. The molecule has 1 amide bonds. The van der Waals surface area contributed by atoms with Gasteiger partial charge in [0.15, 0.2) is 0 Å². The number of nitrogens with one attached hydrogen (secondary N) is 2. The summed E-state index contributed by atoms with van der Waals surface area (Å²) < 4.78 is 1.83. The zero-order valence-corrected chi connectivity index (χ0v) is 12.0. The molecular formula is C14H24N4O. The highest BCUT2D eigenvalue weighted by atomic mass is 16.2. The van der Waals surface area contributed by atoms with Crippen LogP contribution in [-0.4, -0.2) is 28.3 Å². The van der Waals surface area contributed by atoms with E-state index in [9.17, 15) is 4.79 Å². The smallest absolute Gasteiger partial charge is 0.242 e. The maximum absolute atomic E-state index is 12.3. The van der Waals surface area contributed by atoms with Gasteiger partial charge in [-0.25, -0.2) is 4.68 Å². The van der Waals surface area contributed by atoms with E-state index in [2.05, 4.69) is 36.5 Å². The Kier molecular flexibility index (Phi) is 4.58. The maximum Gasteiger partial charge on any atom is 0.242 e. The highest BCUT2D eigenvalue weighted by Crippen LogP contribution is 2.20. The third-order valence-electron chi connectivity index (χ3n) is 3.82. The number of hydrogen-bond acceptors (Lipinski definition) is 3. The molecule has 1 fully saturated rings.